The van der Waals surface area contributed by atoms with Crippen molar-refractivity contribution >= 4 is 50.3 Å². The summed E-state index contributed by atoms with van der Waals surface area (Å²) in [4.78, 5) is 99.1. The number of hydrogen-bond acceptors (Lipinski definition) is 8. The Morgan fingerprint density at radius 1 is 0.115 bits per heavy atom. The van der Waals surface area contributed by atoms with Crippen LogP contribution in [-0.4, -0.2) is 50.3 Å². The normalized spacial score (nSPS) is 12.3. The summed E-state index contributed by atoms with van der Waals surface area (Å²) in [7, 11) is 0. The maximum Gasteiger partial charge on any atom is 0.150 e. The van der Waals surface area contributed by atoms with Gasteiger partial charge in [0, 0.05) is 85.9 Å². The zero-order valence-corrected chi connectivity index (χ0v) is 61.6. The van der Waals surface area contributed by atoms with Crippen LogP contribution in [0.15, 0.2) is 370 Å². The third kappa shape index (κ3) is 16.4. The van der Waals surface area contributed by atoms with Gasteiger partial charge in [-0.15, -0.1) is 0 Å². The Bertz CT molecular complexity index is 5840. The monoisotopic (exact) mass is 1460 g/mol. The molecular weight excluding hydrogens is 1390 g/mol. The van der Waals surface area contributed by atoms with Gasteiger partial charge in [-0.25, -0.2) is 0 Å². The second-order valence-electron chi connectivity index (χ2n) is 28.8. The van der Waals surface area contributed by atoms with E-state index in [0.717, 1.165) is 167 Å². The van der Waals surface area contributed by atoms with Gasteiger partial charge in [0.05, 0.1) is 0 Å². The lowest BCUT2D eigenvalue weighted by molar-refractivity contribution is 0.111. The third-order valence-corrected chi connectivity index (χ3v) is 21.7. The van der Waals surface area contributed by atoms with Crippen molar-refractivity contribution in [2.75, 3.05) is 0 Å². The van der Waals surface area contributed by atoms with Gasteiger partial charge in [0.1, 0.15) is 50.3 Å². The first-order valence-electron chi connectivity index (χ1n) is 37.7. The molecule has 15 aromatic rings. The predicted molar refractivity (Wildman–Crippen MR) is 446 cm³/mol. The second-order valence-corrected chi connectivity index (χ2v) is 28.8. The molecule has 0 saturated heterocycles. The van der Waals surface area contributed by atoms with Gasteiger partial charge < -0.3 is 0 Å². The van der Waals surface area contributed by atoms with E-state index in [2.05, 4.69) is 170 Å². The van der Waals surface area contributed by atoms with Crippen molar-refractivity contribution in [1.82, 2.24) is 0 Å². The molecule has 0 aliphatic rings. The lowest BCUT2D eigenvalue weighted by Crippen LogP contribution is -2.11. The summed E-state index contributed by atoms with van der Waals surface area (Å²) in [5, 5.41) is 0. The first-order chi connectivity index (χ1) is 55.6. The molecule has 0 aromatic heterocycles. The minimum atomic E-state index is -0.381. The third-order valence-electron chi connectivity index (χ3n) is 21.7. The molecule has 4 unspecified atom stereocenters. The number of aldehydes is 8. The topological polar surface area (TPSA) is 137 Å². The minimum Gasteiger partial charge on any atom is -0.298 e. The molecule has 0 saturated carbocycles. The van der Waals surface area contributed by atoms with Gasteiger partial charge in [0.15, 0.2) is 0 Å². The van der Waals surface area contributed by atoms with Crippen LogP contribution in [0.4, 0.5) is 0 Å². The zero-order chi connectivity index (χ0) is 77.6. The maximum absolute atomic E-state index is 12.5. The van der Waals surface area contributed by atoms with Gasteiger partial charge >= 0.3 is 0 Å². The smallest absolute Gasteiger partial charge is 0.150 e. The van der Waals surface area contributed by atoms with E-state index in [1.165, 1.54) is 0 Å². The highest BCUT2D eigenvalue weighted by Gasteiger charge is 2.29. The number of hydrogen-bond donors (Lipinski definition) is 0. The first-order valence-corrected chi connectivity index (χ1v) is 37.7. The van der Waals surface area contributed by atoms with Crippen LogP contribution in [0.25, 0.3) is 0 Å². The highest BCUT2D eigenvalue weighted by molar-refractivity contribution is 5.80. The average Bonchev–Trinajstić information content (AvgIpc) is 0.768. The molecule has 0 spiro atoms. The molecule has 0 aliphatic carbocycles. The van der Waals surface area contributed by atoms with E-state index in [4.69, 9.17) is 0 Å². The summed E-state index contributed by atoms with van der Waals surface area (Å²) in [5.74, 6) is -2.47. The van der Waals surface area contributed by atoms with Crippen molar-refractivity contribution in [2.24, 2.45) is 0 Å². The number of rotatable bonds is 29. The average molecular weight is 1470 g/mol. The highest BCUT2D eigenvalue weighted by atomic mass is 16.1. The Morgan fingerprint density at radius 2 is 0.248 bits per heavy atom. The first kappa shape index (κ1) is 74.1. The summed E-state index contributed by atoms with van der Waals surface area (Å²) in [6, 6.07) is 124. The summed E-state index contributed by atoms with van der Waals surface area (Å²) in [6.07, 6.45) is 6.81. The summed E-state index contributed by atoms with van der Waals surface area (Å²) in [5.41, 5.74) is 24.5. The fourth-order valence-corrected chi connectivity index (χ4v) is 16.6. The number of benzene rings is 15. The van der Waals surface area contributed by atoms with Gasteiger partial charge in [0.25, 0.3) is 0 Å². The molecule has 0 aliphatic heterocycles. The Labute approximate surface area is 657 Å². The van der Waals surface area contributed by atoms with Crippen molar-refractivity contribution < 1.29 is 38.4 Å². The molecule has 0 bridgehead atoms. The molecule has 113 heavy (non-hydrogen) atoms. The minimum absolute atomic E-state index is 0.284. The molecule has 4 atom stereocenters. The SMILES string of the molecule is O=Cc1ccc(C(c2cccc(C=O)c2)c2cccc(C(c3ccc(C(c4ccccc4)c4cccc(C(c5ccc(C(c6cccc(C=O)c6)c6cccc(C=O)c6)cc5)c5cccc(C(c6cccc(C=O)c6)c6cccc(C=O)c6)c5)c4)cc3)c3cccc(C(c4cccc(C=O)c4)c4cccc(C=O)c4)c3)c2)cc1. The molecule has 0 amide bonds. The molecule has 0 radical (unpaired) electrons. The van der Waals surface area contributed by atoms with Crippen LogP contribution in [0.3, 0.4) is 0 Å². The van der Waals surface area contributed by atoms with Crippen molar-refractivity contribution in [3.8, 4) is 0 Å². The van der Waals surface area contributed by atoms with Crippen LogP contribution < -0.4 is 0 Å². The van der Waals surface area contributed by atoms with Crippen molar-refractivity contribution in [1.29, 1.82) is 0 Å². The van der Waals surface area contributed by atoms with E-state index in [9.17, 15) is 38.4 Å². The molecule has 8 heteroatoms. The summed E-state index contributed by atoms with van der Waals surface area (Å²) >= 11 is 0. The highest BCUT2D eigenvalue weighted by Crippen LogP contribution is 2.45. The quantitative estimate of drug-likeness (QED) is 0.0334. The molecule has 8 nitrogen and oxygen atoms in total. The molecule has 0 N–H and O–H groups in total. The van der Waals surface area contributed by atoms with Crippen molar-refractivity contribution in [2.45, 2.75) is 41.4 Å². The zero-order valence-electron chi connectivity index (χ0n) is 61.6. The second kappa shape index (κ2) is 34.5. The Balaban J connectivity index is 0.886. The largest absolute Gasteiger partial charge is 0.298 e. The fourth-order valence-electron chi connectivity index (χ4n) is 16.6. The number of carbonyl (C=O) groups excluding carboxylic acids is 8. The molecular formula is C105H76O8. The predicted octanol–water partition coefficient (Wildman–Crippen LogP) is 22.4. The summed E-state index contributed by atoms with van der Waals surface area (Å²) in [6.45, 7) is 0. The molecule has 15 aromatic carbocycles. The number of carbonyl (C=O) groups is 8. The van der Waals surface area contributed by atoms with Crippen LogP contribution in [0, 0.1) is 0 Å². The lowest BCUT2D eigenvalue weighted by Gasteiger charge is -2.26. The molecule has 544 valence electrons. The lowest BCUT2D eigenvalue weighted by atomic mass is 9.77. The fraction of sp³-hybridized carbons (Fsp3) is 0.0667. The van der Waals surface area contributed by atoms with Crippen LogP contribution in [-0.2, 0) is 0 Å². The van der Waals surface area contributed by atoms with Gasteiger partial charge in [-0.1, -0.05) is 328 Å². The maximum atomic E-state index is 12.5. The van der Waals surface area contributed by atoms with Crippen LogP contribution in [0.5, 0.6) is 0 Å². The van der Waals surface area contributed by atoms with E-state index < -0.39 is 0 Å². The van der Waals surface area contributed by atoms with E-state index in [0.29, 0.717) is 44.5 Å². The molecule has 15 rings (SSSR count). The molecule has 0 fully saturated rings. The van der Waals surface area contributed by atoms with Crippen molar-refractivity contribution in [3.05, 3.63) is 531 Å². The Morgan fingerprint density at radius 3 is 0.434 bits per heavy atom. The van der Waals surface area contributed by atoms with Crippen LogP contribution in [0.2, 0.25) is 0 Å². The van der Waals surface area contributed by atoms with E-state index >= 15 is 0 Å². The standard InChI is InChI=1S/C105H76O8/c106-62-70-39-41-79(42-40-70)101(86-26-6-17-73(53-86)65-109)92-32-12-34-94(59-92)103(96-36-14-38-98(61-96)105(89-29-9-20-76(56-89)68-112)90-30-10-21-77(57-90)69-113)82-45-43-80(44-46-82)99(78-22-2-1-3-23-78)91-31-11-33-93(58-91)102(83-49-47-81(48-50-83)100(84-24-4-15-71(51-84)63-107)85-25-5-16-72(52-85)64-108)95-35-13-37-97(60-95)104(87-27-7-18-74(54-87)66-110)88-28-8-19-75(55-88)67-111/h1-69,99-105H. The van der Waals surface area contributed by atoms with Crippen molar-refractivity contribution in [3.63, 3.8) is 0 Å². The molecule has 0 heterocycles. The van der Waals surface area contributed by atoms with Gasteiger partial charge in [0.2, 0.25) is 0 Å². The summed E-state index contributed by atoms with van der Waals surface area (Å²) < 4.78 is 0. The van der Waals surface area contributed by atoms with Crippen LogP contribution >= 0.6 is 0 Å². The van der Waals surface area contributed by atoms with Crippen LogP contribution in [0.1, 0.15) is 241 Å². The van der Waals surface area contributed by atoms with Gasteiger partial charge in [-0.05, 0) is 159 Å². The van der Waals surface area contributed by atoms with Gasteiger partial charge in [-0.3, -0.25) is 38.4 Å². The van der Waals surface area contributed by atoms with Gasteiger partial charge in [-0.2, -0.15) is 0 Å². The Hall–Kier alpha value is -14.3. The Kier molecular flexibility index (Phi) is 22.6. The van der Waals surface area contributed by atoms with E-state index in [1.807, 2.05) is 158 Å². The van der Waals surface area contributed by atoms with E-state index in [-0.39, 0.29) is 41.4 Å². The van der Waals surface area contributed by atoms with E-state index in [1.54, 1.807) is 42.5 Å².